The van der Waals surface area contributed by atoms with Gasteiger partial charge in [-0.15, -0.1) is 0 Å². The third-order valence-electron chi connectivity index (χ3n) is 2.85. The van der Waals surface area contributed by atoms with Gasteiger partial charge < -0.3 is 5.11 Å². The Morgan fingerprint density at radius 1 is 0.862 bits per heavy atom. The van der Waals surface area contributed by atoms with Crippen LogP contribution in [0, 0.1) is 0 Å². The molecule has 7 heteroatoms. The maximum Gasteiger partial charge on any atom is 0.307 e. The number of nitrogens with zero attached hydrogens (tertiary/aromatic N) is 2. The minimum Gasteiger partial charge on any atom is -0.481 e. The number of aliphatic carboxylic acids is 1. The molecule has 0 aliphatic carbocycles. The Labute approximate surface area is 177 Å². The van der Waals surface area contributed by atoms with Crippen LogP contribution >= 0.6 is 0 Å². The number of aryl methyl sites for hydroxylation is 1. The molecule has 0 aliphatic heterocycles. The molecule has 2 rings (SSSR count). The van der Waals surface area contributed by atoms with Gasteiger partial charge in [-0.25, -0.2) is 18.4 Å². The van der Waals surface area contributed by atoms with Gasteiger partial charge in [-0.1, -0.05) is 67.5 Å². The van der Waals surface area contributed by atoms with Crippen LogP contribution in [0.3, 0.4) is 0 Å². The lowest BCUT2D eigenvalue weighted by atomic mass is 10.2. The molecule has 0 amide bonds. The van der Waals surface area contributed by atoms with Gasteiger partial charge in [-0.05, 0) is 23.8 Å². The van der Waals surface area contributed by atoms with Crippen molar-refractivity contribution in [1.82, 2.24) is 9.97 Å². The topological polar surface area (TPSA) is 97.2 Å². The highest BCUT2D eigenvalue weighted by molar-refractivity contribution is 7.91. The molecule has 1 aromatic heterocycles. The fourth-order valence-electron chi connectivity index (χ4n) is 1.79. The predicted molar refractivity (Wildman–Crippen MR) is 121 cm³/mol. The smallest absolute Gasteiger partial charge is 0.307 e. The first-order chi connectivity index (χ1) is 14.0. The lowest BCUT2D eigenvalue weighted by molar-refractivity contribution is -0.136. The van der Waals surface area contributed by atoms with Gasteiger partial charge in [0.05, 0.1) is 17.1 Å². The van der Waals surface area contributed by atoms with Crippen LogP contribution in [0.1, 0.15) is 66.8 Å². The van der Waals surface area contributed by atoms with Crippen molar-refractivity contribution in [2.24, 2.45) is 0 Å². The van der Waals surface area contributed by atoms with Gasteiger partial charge in [-0.2, -0.15) is 0 Å². The zero-order valence-corrected chi connectivity index (χ0v) is 20.0. The summed E-state index contributed by atoms with van der Waals surface area (Å²) in [5.41, 5.74) is 0.563. The molecule has 0 unspecified atom stereocenters. The van der Waals surface area contributed by atoms with E-state index in [1.165, 1.54) is 24.3 Å². The molecule has 1 heterocycles. The Hall–Kier alpha value is -2.28. The predicted octanol–water partition coefficient (Wildman–Crippen LogP) is 5.22. The van der Waals surface area contributed by atoms with E-state index in [0.29, 0.717) is 11.4 Å². The molecule has 0 spiro atoms. The SMILES string of the molecule is CC.CC.CC.CC.O=C(O)Cc1ccc(S(=O)(=O)CCc2ncccn2)cc1. The lowest BCUT2D eigenvalue weighted by Gasteiger charge is -2.05. The number of benzene rings is 1. The summed E-state index contributed by atoms with van der Waals surface area (Å²) in [6.45, 7) is 16.0. The van der Waals surface area contributed by atoms with E-state index in [9.17, 15) is 13.2 Å². The molecule has 0 atom stereocenters. The molecule has 6 nitrogen and oxygen atoms in total. The molecule has 0 fully saturated rings. The van der Waals surface area contributed by atoms with Gasteiger partial charge in [-0.3, -0.25) is 4.79 Å². The monoisotopic (exact) mass is 426 g/mol. The lowest BCUT2D eigenvalue weighted by Crippen LogP contribution is -2.11. The summed E-state index contributed by atoms with van der Waals surface area (Å²) in [5, 5.41) is 8.67. The van der Waals surface area contributed by atoms with E-state index < -0.39 is 15.8 Å². The number of aromatic nitrogens is 2. The Morgan fingerprint density at radius 2 is 1.31 bits per heavy atom. The van der Waals surface area contributed by atoms with Crippen molar-refractivity contribution in [1.29, 1.82) is 0 Å². The van der Waals surface area contributed by atoms with Crippen LogP contribution in [0.2, 0.25) is 0 Å². The number of carboxylic acid groups (broad SMARTS) is 1. The number of sulfone groups is 1. The van der Waals surface area contributed by atoms with E-state index in [2.05, 4.69) is 9.97 Å². The Morgan fingerprint density at radius 3 is 1.72 bits per heavy atom. The van der Waals surface area contributed by atoms with Crippen LogP contribution in [-0.4, -0.2) is 35.2 Å². The van der Waals surface area contributed by atoms with Gasteiger partial charge in [0.2, 0.25) is 0 Å². The van der Waals surface area contributed by atoms with Crippen molar-refractivity contribution >= 4 is 15.8 Å². The molecule has 0 bridgehead atoms. The van der Waals surface area contributed by atoms with Crippen molar-refractivity contribution in [2.45, 2.75) is 73.1 Å². The first-order valence-corrected chi connectivity index (χ1v) is 11.9. The van der Waals surface area contributed by atoms with Crippen molar-refractivity contribution in [3.05, 3.63) is 54.1 Å². The van der Waals surface area contributed by atoms with Gasteiger partial charge in [0.15, 0.2) is 9.84 Å². The highest BCUT2D eigenvalue weighted by atomic mass is 32.2. The summed E-state index contributed by atoms with van der Waals surface area (Å²) < 4.78 is 24.3. The van der Waals surface area contributed by atoms with Crippen LogP contribution in [0.25, 0.3) is 0 Å². The second kappa shape index (κ2) is 20.5. The van der Waals surface area contributed by atoms with Crippen molar-refractivity contribution in [3.63, 3.8) is 0 Å². The van der Waals surface area contributed by atoms with Gasteiger partial charge >= 0.3 is 5.97 Å². The first kappa shape index (κ1) is 31.4. The van der Waals surface area contributed by atoms with Gasteiger partial charge in [0, 0.05) is 18.8 Å². The minimum absolute atomic E-state index is 0.0880. The molecular formula is C22H38N2O4S. The molecule has 166 valence electrons. The van der Waals surface area contributed by atoms with Crippen LogP contribution in [0.15, 0.2) is 47.6 Å². The fraction of sp³-hybridized carbons (Fsp3) is 0.500. The average molecular weight is 427 g/mol. The largest absolute Gasteiger partial charge is 0.481 e. The van der Waals surface area contributed by atoms with E-state index >= 15 is 0 Å². The third kappa shape index (κ3) is 14.4. The maximum absolute atomic E-state index is 12.2. The standard InChI is InChI=1S/C14H14N2O4S.4C2H6/c17-14(18)10-11-2-4-12(5-3-11)21(19,20)9-6-13-15-7-1-8-16-13;4*1-2/h1-5,7-8H,6,9-10H2,(H,17,18);4*1-2H3. The quantitative estimate of drug-likeness (QED) is 0.679. The first-order valence-electron chi connectivity index (χ1n) is 10.3. The number of carboxylic acids is 1. The second-order valence-corrected chi connectivity index (χ2v) is 6.56. The molecule has 1 N–H and O–H groups in total. The molecule has 0 radical (unpaired) electrons. The summed E-state index contributed by atoms with van der Waals surface area (Å²) in [6.07, 6.45) is 3.24. The molecule has 0 saturated carbocycles. The number of hydrogen-bond acceptors (Lipinski definition) is 5. The zero-order valence-electron chi connectivity index (χ0n) is 19.1. The fourth-order valence-corrected chi connectivity index (χ4v) is 3.03. The molecule has 29 heavy (non-hydrogen) atoms. The van der Waals surface area contributed by atoms with Crippen molar-refractivity contribution < 1.29 is 18.3 Å². The summed E-state index contributed by atoms with van der Waals surface area (Å²) in [4.78, 5) is 18.7. The highest BCUT2D eigenvalue weighted by Crippen LogP contribution is 2.14. The molecule has 0 saturated heterocycles. The summed E-state index contributed by atoms with van der Waals surface area (Å²) in [7, 11) is -3.43. The third-order valence-corrected chi connectivity index (χ3v) is 4.58. The number of rotatable bonds is 6. The van der Waals surface area contributed by atoms with E-state index in [1.807, 2.05) is 55.4 Å². The van der Waals surface area contributed by atoms with Gasteiger partial charge in [0.1, 0.15) is 5.82 Å². The Kier molecular flexibility index (Phi) is 22.2. The summed E-state index contributed by atoms with van der Waals surface area (Å²) in [5.74, 6) is -0.564. The maximum atomic E-state index is 12.2. The Bertz CT molecular complexity index is 716. The molecule has 0 aliphatic rings. The Balaban J connectivity index is -0.000000754. The highest BCUT2D eigenvalue weighted by Gasteiger charge is 2.15. The zero-order chi connectivity index (χ0) is 23.3. The van der Waals surface area contributed by atoms with E-state index in [-0.39, 0.29) is 23.5 Å². The van der Waals surface area contributed by atoms with E-state index in [1.54, 1.807) is 18.5 Å². The number of carbonyl (C=O) groups is 1. The normalized spacial score (nSPS) is 8.97. The molecular weight excluding hydrogens is 388 g/mol. The summed E-state index contributed by atoms with van der Waals surface area (Å²) >= 11 is 0. The minimum atomic E-state index is -3.43. The van der Waals surface area contributed by atoms with Crippen LogP contribution in [0.4, 0.5) is 0 Å². The molecule has 1 aromatic carbocycles. The second-order valence-electron chi connectivity index (χ2n) is 4.45. The number of hydrogen-bond donors (Lipinski definition) is 1. The van der Waals surface area contributed by atoms with E-state index in [0.717, 1.165) is 0 Å². The van der Waals surface area contributed by atoms with Crippen molar-refractivity contribution in [3.8, 4) is 0 Å². The molecule has 2 aromatic rings. The van der Waals surface area contributed by atoms with Crippen molar-refractivity contribution in [2.75, 3.05) is 5.75 Å². The van der Waals surface area contributed by atoms with Crippen LogP contribution in [-0.2, 0) is 27.5 Å². The van der Waals surface area contributed by atoms with Gasteiger partial charge in [0.25, 0.3) is 0 Å². The summed E-state index contributed by atoms with van der Waals surface area (Å²) in [6, 6.07) is 7.55. The van der Waals surface area contributed by atoms with Crippen LogP contribution < -0.4 is 0 Å². The van der Waals surface area contributed by atoms with E-state index in [4.69, 9.17) is 5.11 Å². The van der Waals surface area contributed by atoms with Crippen LogP contribution in [0.5, 0.6) is 0 Å². The average Bonchev–Trinajstić information content (AvgIpc) is 2.79.